The molecule has 2 N–H and O–H groups in total. The van der Waals surface area contributed by atoms with Crippen LogP contribution in [0.15, 0.2) is 18.5 Å². The number of rotatable bonds is 7. The topological polar surface area (TPSA) is 69.2 Å². The summed E-state index contributed by atoms with van der Waals surface area (Å²) in [4.78, 5) is 11.0. The summed E-state index contributed by atoms with van der Waals surface area (Å²) in [5.74, 6) is 2.37. The molecule has 1 saturated heterocycles. The number of halogens is 3. The second kappa shape index (κ2) is 6.65. The summed E-state index contributed by atoms with van der Waals surface area (Å²) in [5.41, 5.74) is 6.94. The fourth-order valence-corrected chi connectivity index (χ4v) is 4.51. The van der Waals surface area contributed by atoms with E-state index in [1.165, 1.54) is 12.3 Å². The molecule has 2 aromatic rings. The molecule has 0 bridgehead atoms. The number of nitrogens with zero attached hydrogens (tertiary/aromatic N) is 4. The van der Waals surface area contributed by atoms with Gasteiger partial charge in [0, 0.05) is 49.6 Å². The molecule has 0 unspecified atom stereocenters. The number of imidazole rings is 1. The van der Waals surface area contributed by atoms with Crippen molar-refractivity contribution in [3.63, 3.8) is 0 Å². The first-order valence-corrected chi connectivity index (χ1v) is 9.63. The highest BCUT2D eigenvalue weighted by atomic mass is 19.3. The van der Waals surface area contributed by atoms with Crippen LogP contribution in [0.5, 0.6) is 5.75 Å². The van der Waals surface area contributed by atoms with E-state index >= 15 is 0 Å². The minimum atomic E-state index is -2.96. The van der Waals surface area contributed by atoms with E-state index < -0.39 is 6.61 Å². The minimum absolute atomic E-state index is 0.0735. The third-order valence-corrected chi connectivity index (χ3v) is 6.04. The number of fused-ring (bicyclic) bond motifs is 1. The van der Waals surface area contributed by atoms with Gasteiger partial charge in [-0.15, -0.1) is 0 Å². The predicted octanol–water partition coefficient (Wildman–Crippen LogP) is 3.08. The van der Waals surface area contributed by atoms with Crippen LogP contribution in [0.3, 0.4) is 0 Å². The van der Waals surface area contributed by atoms with Crippen LogP contribution in [-0.4, -0.2) is 52.4 Å². The molecular formula is C19H22F3N5O. The Morgan fingerprint density at radius 2 is 2.00 bits per heavy atom. The maximum atomic E-state index is 12.6. The van der Waals surface area contributed by atoms with Gasteiger partial charge in [0.25, 0.3) is 0 Å². The zero-order valence-electron chi connectivity index (χ0n) is 15.3. The smallest absolute Gasteiger partial charge is 0.387 e. The number of alkyl halides is 3. The highest BCUT2D eigenvalue weighted by molar-refractivity contribution is 5.64. The number of anilines is 1. The molecule has 0 aromatic carbocycles. The summed E-state index contributed by atoms with van der Waals surface area (Å²) in [7, 11) is 0. The monoisotopic (exact) mass is 393 g/mol. The zero-order valence-corrected chi connectivity index (χ0v) is 15.3. The van der Waals surface area contributed by atoms with E-state index in [2.05, 4.69) is 19.2 Å². The second-order valence-electron chi connectivity index (χ2n) is 7.92. The largest absolute Gasteiger partial charge is 0.431 e. The van der Waals surface area contributed by atoms with Crippen molar-refractivity contribution in [2.75, 3.05) is 32.0 Å². The molecule has 0 spiro atoms. The quantitative estimate of drug-likeness (QED) is 0.783. The molecule has 3 aliphatic rings. The number of nitrogens with two attached hydrogens (primary N) is 1. The maximum absolute atomic E-state index is 12.6. The van der Waals surface area contributed by atoms with Crippen LogP contribution in [0.25, 0.3) is 11.3 Å². The molecule has 9 heteroatoms. The second-order valence-corrected chi connectivity index (χ2v) is 7.92. The first kappa shape index (κ1) is 17.8. The molecule has 5 rings (SSSR count). The molecule has 2 saturated carbocycles. The maximum Gasteiger partial charge on any atom is 0.387 e. The Bertz CT molecular complexity index is 872. The molecule has 2 aliphatic carbocycles. The van der Waals surface area contributed by atoms with E-state index in [4.69, 9.17) is 10.7 Å². The molecule has 1 aliphatic heterocycles. The molecule has 28 heavy (non-hydrogen) atoms. The van der Waals surface area contributed by atoms with Gasteiger partial charge in [0.1, 0.15) is 12.5 Å². The summed E-state index contributed by atoms with van der Waals surface area (Å²) in [6, 6.07) is 1.86. The van der Waals surface area contributed by atoms with E-state index in [9.17, 15) is 13.2 Å². The van der Waals surface area contributed by atoms with Gasteiger partial charge in [-0.1, -0.05) is 0 Å². The summed E-state index contributed by atoms with van der Waals surface area (Å²) in [6.07, 6.45) is 5.77. The number of aromatic nitrogens is 3. The number of hydrogen-bond donors (Lipinski definition) is 1. The Morgan fingerprint density at radius 3 is 2.64 bits per heavy atom. The Hall–Kier alpha value is -2.29. The van der Waals surface area contributed by atoms with Gasteiger partial charge in [-0.05, 0) is 30.7 Å². The Kier molecular flexibility index (Phi) is 4.22. The van der Waals surface area contributed by atoms with Gasteiger partial charge in [0.15, 0.2) is 11.6 Å². The van der Waals surface area contributed by atoms with E-state index in [-0.39, 0.29) is 18.2 Å². The van der Waals surface area contributed by atoms with Crippen molar-refractivity contribution in [3.8, 4) is 17.0 Å². The Balaban J connectivity index is 1.42. The standard InChI is InChI=1S/C19H22F3N5O/c20-3-4-26-7-12-13(8-26)16(12)27-9-14(25-18(27)10-1-2-10)11-5-15(28-19(21)22)17(23)24-6-11/h5-6,9-10,12-13,16,19H,1-4,7-8H2,(H2,23,24)/t12-,13+,16+. The molecule has 2 aromatic heterocycles. The van der Waals surface area contributed by atoms with E-state index in [0.29, 0.717) is 41.6 Å². The Labute approximate surface area is 160 Å². The highest BCUT2D eigenvalue weighted by Crippen LogP contribution is 2.57. The van der Waals surface area contributed by atoms with Crippen molar-refractivity contribution in [1.29, 1.82) is 0 Å². The van der Waals surface area contributed by atoms with E-state index in [1.54, 1.807) is 0 Å². The van der Waals surface area contributed by atoms with Crippen LogP contribution in [0.2, 0.25) is 0 Å². The predicted molar refractivity (Wildman–Crippen MR) is 96.9 cm³/mol. The molecule has 3 heterocycles. The van der Waals surface area contributed by atoms with Crippen molar-refractivity contribution in [2.24, 2.45) is 11.8 Å². The van der Waals surface area contributed by atoms with Gasteiger partial charge < -0.3 is 19.9 Å². The highest BCUT2D eigenvalue weighted by Gasteiger charge is 2.57. The van der Waals surface area contributed by atoms with Crippen molar-refractivity contribution < 1.29 is 17.9 Å². The summed E-state index contributed by atoms with van der Waals surface area (Å²) >= 11 is 0. The zero-order chi connectivity index (χ0) is 19.4. The minimum Gasteiger partial charge on any atom is -0.431 e. The van der Waals surface area contributed by atoms with Gasteiger partial charge in [0.2, 0.25) is 0 Å². The normalized spacial score (nSPS) is 26.6. The third-order valence-electron chi connectivity index (χ3n) is 6.04. The lowest BCUT2D eigenvalue weighted by Crippen LogP contribution is -2.27. The lowest BCUT2D eigenvalue weighted by atomic mass is 10.2. The van der Waals surface area contributed by atoms with Gasteiger partial charge in [-0.25, -0.2) is 14.4 Å². The van der Waals surface area contributed by atoms with Gasteiger partial charge in [-0.2, -0.15) is 8.78 Å². The molecule has 0 amide bonds. The molecular weight excluding hydrogens is 371 g/mol. The lowest BCUT2D eigenvalue weighted by Gasteiger charge is -2.18. The fourth-order valence-electron chi connectivity index (χ4n) is 4.51. The van der Waals surface area contributed by atoms with E-state index in [0.717, 1.165) is 31.8 Å². The van der Waals surface area contributed by atoms with Gasteiger partial charge >= 0.3 is 6.61 Å². The van der Waals surface area contributed by atoms with Gasteiger partial charge in [-0.3, -0.25) is 0 Å². The number of piperidine rings is 1. The van der Waals surface area contributed by atoms with E-state index in [1.807, 2.05) is 6.20 Å². The van der Waals surface area contributed by atoms with Crippen LogP contribution in [0.1, 0.15) is 30.6 Å². The number of pyridine rings is 1. The van der Waals surface area contributed by atoms with Crippen molar-refractivity contribution in [2.45, 2.75) is 31.4 Å². The number of ether oxygens (including phenoxy) is 1. The molecule has 3 atom stereocenters. The number of hydrogen-bond acceptors (Lipinski definition) is 5. The molecule has 3 fully saturated rings. The fraction of sp³-hybridized carbons (Fsp3) is 0.579. The van der Waals surface area contributed by atoms with Crippen molar-refractivity contribution in [3.05, 3.63) is 24.3 Å². The Morgan fingerprint density at radius 1 is 1.25 bits per heavy atom. The molecule has 150 valence electrons. The first-order valence-electron chi connectivity index (χ1n) is 9.63. The van der Waals surface area contributed by atoms with Crippen LogP contribution in [-0.2, 0) is 0 Å². The molecule has 0 radical (unpaired) electrons. The SMILES string of the molecule is Nc1ncc(-c2cn([C@H]3[C@@H]4CN(CCF)C[C@@H]43)c(C3CC3)n2)cc1OC(F)F. The lowest BCUT2D eigenvalue weighted by molar-refractivity contribution is -0.0494. The van der Waals surface area contributed by atoms with Crippen LogP contribution in [0.4, 0.5) is 19.0 Å². The first-order chi connectivity index (χ1) is 13.5. The number of likely N-dealkylation sites (tertiary alicyclic amines) is 1. The summed E-state index contributed by atoms with van der Waals surface area (Å²) in [5, 5.41) is 0. The van der Waals surface area contributed by atoms with Crippen LogP contribution < -0.4 is 10.5 Å². The average Bonchev–Trinajstić information content (AvgIpc) is 3.53. The summed E-state index contributed by atoms with van der Waals surface area (Å²) < 4.78 is 44.5. The average molecular weight is 393 g/mol. The summed E-state index contributed by atoms with van der Waals surface area (Å²) in [6.45, 7) is -0.912. The molecule has 6 nitrogen and oxygen atoms in total. The van der Waals surface area contributed by atoms with Crippen molar-refractivity contribution >= 4 is 5.82 Å². The van der Waals surface area contributed by atoms with Gasteiger partial charge in [0.05, 0.1) is 5.69 Å². The third kappa shape index (κ3) is 3.11. The van der Waals surface area contributed by atoms with Crippen LogP contribution >= 0.6 is 0 Å². The number of nitrogen functional groups attached to an aromatic ring is 1. The van der Waals surface area contributed by atoms with Crippen molar-refractivity contribution in [1.82, 2.24) is 19.4 Å². The van der Waals surface area contributed by atoms with Crippen LogP contribution in [0, 0.1) is 11.8 Å².